The molecule has 0 spiro atoms. The number of carbonyl (C=O) groups is 2. The van der Waals surface area contributed by atoms with E-state index in [-0.39, 0.29) is 17.9 Å². The van der Waals surface area contributed by atoms with Gasteiger partial charge in [-0.25, -0.2) is 0 Å². The third kappa shape index (κ3) is 4.93. The van der Waals surface area contributed by atoms with E-state index in [1.165, 1.54) is 4.90 Å². The second kappa shape index (κ2) is 9.05. The highest BCUT2D eigenvalue weighted by Gasteiger charge is 2.38. The summed E-state index contributed by atoms with van der Waals surface area (Å²) in [6.45, 7) is 8.77. The highest BCUT2D eigenvalue weighted by atomic mass is 16.5. The van der Waals surface area contributed by atoms with Crippen LogP contribution in [0.2, 0.25) is 0 Å². The minimum Gasteiger partial charge on any atom is -0.379 e. The summed E-state index contributed by atoms with van der Waals surface area (Å²) in [5, 5.41) is 3.19. The summed E-state index contributed by atoms with van der Waals surface area (Å²) in [5.74, 6) is -0.561. The molecule has 0 atom stereocenters. The fraction of sp³-hybridized carbons (Fsp3) is 0.333. The average Bonchev–Trinajstić information content (AvgIpc) is 2.91. The van der Waals surface area contributed by atoms with Gasteiger partial charge in [-0.1, -0.05) is 47.5 Å². The Bertz CT molecular complexity index is 912. The normalized spacial score (nSPS) is 14.3. The number of rotatable bonds is 8. The summed E-state index contributed by atoms with van der Waals surface area (Å²) < 4.78 is 5.55. The summed E-state index contributed by atoms with van der Waals surface area (Å²) in [5.41, 5.74) is 4.49. The Labute approximate surface area is 172 Å². The molecule has 5 heteroatoms. The van der Waals surface area contributed by atoms with Gasteiger partial charge in [-0.2, -0.15) is 0 Å². The topological polar surface area (TPSA) is 58.6 Å². The van der Waals surface area contributed by atoms with E-state index < -0.39 is 0 Å². The molecule has 0 fully saturated rings. The van der Waals surface area contributed by atoms with Gasteiger partial charge in [-0.05, 0) is 51.8 Å². The fourth-order valence-corrected chi connectivity index (χ4v) is 3.21. The number of carbonyl (C=O) groups excluding carboxylic acids is 2. The molecule has 0 aromatic heterocycles. The molecule has 0 aliphatic carbocycles. The predicted octanol–water partition coefficient (Wildman–Crippen LogP) is 4.31. The number of amides is 2. The quantitative estimate of drug-likeness (QED) is 0.537. The minimum absolute atomic E-state index is 0.125. The van der Waals surface area contributed by atoms with Crippen LogP contribution in [0.5, 0.6) is 0 Å². The third-order valence-electron chi connectivity index (χ3n) is 4.81. The average molecular weight is 392 g/mol. The molecule has 0 saturated carbocycles. The molecule has 0 saturated heterocycles. The van der Waals surface area contributed by atoms with Crippen molar-refractivity contribution in [2.24, 2.45) is 0 Å². The van der Waals surface area contributed by atoms with E-state index in [9.17, 15) is 9.59 Å². The number of anilines is 1. The lowest BCUT2D eigenvalue weighted by Crippen LogP contribution is -2.34. The standard InChI is InChI=1S/C24H28N2O3/c1-16(2)29-15-5-14-26-23(27)21(19-10-6-17(3)7-11-19)22(24(26)28)25-20-12-8-18(4)9-13-20/h6-13,16,25H,5,14-15H2,1-4H3. The van der Waals surface area contributed by atoms with Crippen LogP contribution < -0.4 is 5.32 Å². The third-order valence-corrected chi connectivity index (χ3v) is 4.81. The number of benzene rings is 2. The zero-order chi connectivity index (χ0) is 21.0. The lowest BCUT2D eigenvalue weighted by atomic mass is 10.0. The molecule has 0 unspecified atom stereocenters. The van der Waals surface area contributed by atoms with Crippen molar-refractivity contribution in [3.8, 4) is 0 Å². The van der Waals surface area contributed by atoms with E-state index in [0.717, 1.165) is 22.4 Å². The Hall–Kier alpha value is -2.92. The SMILES string of the molecule is Cc1ccc(NC2=C(c3ccc(C)cc3)C(=O)N(CCCOC(C)C)C2=O)cc1. The van der Waals surface area contributed by atoms with Crippen LogP contribution in [0.25, 0.3) is 5.57 Å². The number of hydrogen-bond donors (Lipinski definition) is 1. The highest BCUT2D eigenvalue weighted by Crippen LogP contribution is 2.30. The predicted molar refractivity (Wildman–Crippen MR) is 115 cm³/mol. The Kier molecular flexibility index (Phi) is 6.49. The largest absolute Gasteiger partial charge is 0.379 e. The Balaban J connectivity index is 1.88. The summed E-state index contributed by atoms with van der Waals surface area (Å²) in [7, 11) is 0. The number of nitrogens with one attached hydrogen (secondary N) is 1. The van der Waals surface area contributed by atoms with Crippen molar-refractivity contribution in [3.05, 3.63) is 70.9 Å². The molecule has 5 nitrogen and oxygen atoms in total. The summed E-state index contributed by atoms with van der Waals surface area (Å²) >= 11 is 0. The van der Waals surface area contributed by atoms with Crippen molar-refractivity contribution < 1.29 is 14.3 Å². The Morgan fingerprint density at radius 3 is 2.07 bits per heavy atom. The summed E-state index contributed by atoms with van der Waals surface area (Å²) in [6, 6.07) is 15.4. The van der Waals surface area contributed by atoms with Gasteiger partial charge >= 0.3 is 0 Å². The van der Waals surface area contributed by atoms with Crippen LogP contribution in [0.15, 0.2) is 54.2 Å². The second-order valence-electron chi connectivity index (χ2n) is 7.64. The monoisotopic (exact) mass is 392 g/mol. The van der Waals surface area contributed by atoms with Crippen LogP contribution >= 0.6 is 0 Å². The molecule has 2 aromatic carbocycles. The van der Waals surface area contributed by atoms with Gasteiger partial charge in [0.1, 0.15) is 5.70 Å². The maximum absolute atomic E-state index is 13.2. The van der Waals surface area contributed by atoms with Crippen molar-refractivity contribution in [2.45, 2.75) is 40.2 Å². The van der Waals surface area contributed by atoms with Crippen LogP contribution in [-0.4, -0.2) is 36.0 Å². The molecule has 1 heterocycles. The van der Waals surface area contributed by atoms with E-state index in [0.29, 0.717) is 30.8 Å². The van der Waals surface area contributed by atoms with Gasteiger partial charge in [0.2, 0.25) is 0 Å². The van der Waals surface area contributed by atoms with Gasteiger partial charge in [0, 0.05) is 18.8 Å². The molecule has 2 aromatic rings. The number of ether oxygens (including phenoxy) is 1. The van der Waals surface area contributed by atoms with E-state index >= 15 is 0 Å². The van der Waals surface area contributed by atoms with E-state index in [4.69, 9.17) is 4.74 Å². The van der Waals surface area contributed by atoms with E-state index in [1.807, 2.05) is 76.2 Å². The zero-order valence-electron chi connectivity index (χ0n) is 17.5. The van der Waals surface area contributed by atoms with Gasteiger partial charge in [0.25, 0.3) is 11.8 Å². The van der Waals surface area contributed by atoms with Gasteiger partial charge in [-0.3, -0.25) is 14.5 Å². The Morgan fingerprint density at radius 1 is 0.897 bits per heavy atom. The Morgan fingerprint density at radius 2 is 1.48 bits per heavy atom. The highest BCUT2D eigenvalue weighted by molar-refractivity contribution is 6.36. The van der Waals surface area contributed by atoms with E-state index in [2.05, 4.69) is 5.32 Å². The minimum atomic E-state index is -0.296. The zero-order valence-corrected chi connectivity index (χ0v) is 17.5. The number of imide groups is 1. The molecule has 1 N–H and O–H groups in total. The van der Waals surface area contributed by atoms with Gasteiger partial charge < -0.3 is 10.1 Å². The first-order valence-corrected chi connectivity index (χ1v) is 9.99. The lowest BCUT2D eigenvalue weighted by Gasteiger charge is -2.16. The van der Waals surface area contributed by atoms with Gasteiger partial charge in [-0.15, -0.1) is 0 Å². The van der Waals surface area contributed by atoms with Crippen LogP contribution in [0.1, 0.15) is 37.0 Å². The van der Waals surface area contributed by atoms with Crippen molar-refractivity contribution in [1.82, 2.24) is 4.90 Å². The number of aryl methyl sites for hydroxylation is 2. The summed E-state index contributed by atoms with van der Waals surface area (Å²) in [6.07, 6.45) is 0.731. The molecule has 0 radical (unpaired) electrons. The molecular weight excluding hydrogens is 364 g/mol. The van der Waals surface area contributed by atoms with Gasteiger partial charge in [0.15, 0.2) is 0 Å². The van der Waals surface area contributed by atoms with Crippen LogP contribution in [-0.2, 0) is 14.3 Å². The van der Waals surface area contributed by atoms with Crippen molar-refractivity contribution in [3.63, 3.8) is 0 Å². The van der Waals surface area contributed by atoms with Crippen molar-refractivity contribution in [2.75, 3.05) is 18.5 Å². The van der Waals surface area contributed by atoms with Crippen molar-refractivity contribution in [1.29, 1.82) is 0 Å². The molecule has 152 valence electrons. The second-order valence-corrected chi connectivity index (χ2v) is 7.64. The molecule has 3 rings (SSSR count). The molecule has 0 bridgehead atoms. The first-order valence-electron chi connectivity index (χ1n) is 9.99. The van der Waals surface area contributed by atoms with Crippen LogP contribution in [0, 0.1) is 13.8 Å². The molecule has 1 aliphatic heterocycles. The maximum atomic E-state index is 13.2. The number of hydrogen-bond acceptors (Lipinski definition) is 4. The number of nitrogens with zero attached hydrogens (tertiary/aromatic N) is 1. The van der Waals surface area contributed by atoms with Gasteiger partial charge in [0.05, 0.1) is 11.7 Å². The smallest absolute Gasteiger partial charge is 0.278 e. The van der Waals surface area contributed by atoms with Crippen LogP contribution in [0.4, 0.5) is 5.69 Å². The first-order chi connectivity index (χ1) is 13.9. The lowest BCUT2D eigenvalue weighted by molar-refractivity contribution is -0.137. The maximum Gasteiger partial charge on any atom is 0.278 e. The van der Waals surface area contributed by atoms with Crippen molar-refractivity contribution >= 4 is 23.1 Å². The van der Waals surface area contributed by atoms with Crippen LogP contribution in [0.3, 0.4) is 0 Å². The fourth-order valence-electron chi connectivity index (χ4n) is 3.21. The van der Waals surface area contributed by atoms with E-state index in [1.54, 1.807) is 0 Å². The first kappa shape index (κ1) is 20.8. The molecule has 1 aliphatic rings. The summed E-state index contributed by atoms with van der Waals surface area (Å²) in [4.78, 5) is 27.6. The molecule has 2 amide bonds. The molecule has 29 heavy (non-hydrogen) atoms. The molecular formula is C24H28N2O3.